The van der Waals surface area contributed by atoms with Gasteiger partial charge in [0.15, 0.2) is 6.10 Å². The van der Waals surface area contributed by atoms with Crippen LogP contribution in [-0.2, 0) is 42.2 Å². The molecule has 0 fully saturated rings. The molecule has 12 heteroatoms. The van der Waals surface area contributed by atoms with Crippen LogP contribution in [0.3, 0.4) is 0 Å². The van der Waals surface area contributed by atoms with Crippen molar-refractivity contribution in [3.63, 3.8) is 0 Å². The average Bonchev–Trinajstić information content (AvgIpc) is 3.39. The first-order valence-corrected chi connectivity index (χ1v) is 31.3. The molecule has 0 spiro atoms. The Bertz CT molecular complexity index is 1520. The highest BCUT2D eigenvalue weighted by Crippen LogP contribution is 2.43. The monoisotopic (exact) mass is 1060 g/mol. The number of aliphatic hydroxyl groups excluding tert-OH is 1. The number of rotatable bonds is 55. The molecule has 0 aromatic carbocycles. The number of esters is 3. The van der Waals surface area contributed by atoms with Crippen LogP contribution in [0.4, 0.5) is 0 Å². The molecule has 0 saturated carbocycles. The lowest BCUT2D eigenvalue weighted by atomic mass is 10.0. The maximum Gasteiger partial charge on any atom is 0.472 e. The average molecular weight is 1060 g/mol. The molecule has 0 heterocycles. The summed E-state index contributed by atoms with van der Waals surface area (Å²) in [4.78, 5) is 48.6. The molecule has 3 atom stereocenters. The van der Waals surface area contributed by atoms with Gasteiger partial charge in [0, 0.05) is 19.3 Å². The second-order valence-corrected chi connectivity index (χ2v) is 21.2. The zero-order valence-corrected chi connectivity index (χ0v) is 48.2. The lowest BCUT2D eigenvalue weighted by Crippen LogP contribution is -2.30. The van der Waals surface area contributed by atoms with Gasteiger partial charge in [0.2, 0.25) is 0 Å². The van der Waals surface area contributed by atoms with Crippen LogP contribution in [-0.4, -0.2) is 66.5 Å². The fraction of sp³-hybridized carbons (Fsp3) is 0.758. The topological polar surface area (TPSA) is 155 Å². The lowest BCUT2D eigenvalue weighted by molar-refractivity contribution is -0.161. The van der Waals surface area contributed by atoms with Gasteiger partial charge in [-0.2, -0.15) is 0 Å². The normalized spacial score (nSPS) is 13.9. The van der Waals surface area contributed by atoms with E-state index in [2.05, 4.69) is 93.7 Å². The summed E-state index contributed by atoms with van der Waals surface area (Å²) < 4.78 is 39.5. The minimum atomic E-state index is -4.76. The molecule has 3 unspecified atom stereocenters. The van der Waals surface area contributed by atoms with Gasteiger partial charge in [-0.15, -0.1) is 0 Å². The van der Waals surface area contributed by atoms with Crippen molar-refractivity contribution in [3.8, 4) is 0 Å². The summed E-state index contributed by atoms with van der Waals surface area (Å²) in [5, 5.41) is 9.82. The van der Waals surface area contributed by atoms with Gasteiger partial charge in [-0.05, 0) is 89.9 Å². The van der Waals surface area contributed by atoms with Gasteiger partial charge in [0.1, 0.15) is 12.7 Å². The zero-order valence-electron chi connectivity index (χ0n) is 47.3. The molecule has 0 aliphatic carbocycles. The van der Waals surface area contributed by atoms with Crippen LogP contribution >= 0.6 is 7.82 Å². The molecular formula is C62H109O11P. The molecule has 0 aliphatic heterocycles. The van der Waals surface area contributed by atoms with Crippen molar-refractivity contribution in [2.45, 2.75) is 277 Å². The number of carbonyl (C=O) groups excluding carboxylic acids is 3. The van der Waals surface area contributed by atoms with E-state index >= 15 is 0 Å². The van der Waals surface area contributed by atoms with E-state index in [4.69, 9.17) is 23.3 Å². The van der Waals surface area contributed by atoms with Crippen molar-refractivity contribution in [3.05, 3.63) is 72.9 Å². The first kappa shape index (κ1) is 70.9. The summed E-state index contributed by atoms with van der Waals surface area (Å²) in [6.45, 7) is 4.48. The van der Waals surface area contributed by atoms with Crippen LogP contribution in [0, 0.1) is 0 Å². The second kappa shape index (κ2) is 56.1. The van der Waals surface area contributed by atoms with Gasteiger partial charge in [-0.25, -0.2) is 4.57 Å². The highest BCUT2D eigenvalue weighted by Gasteiger charge is 2.28. The standard InChI is InChI=1S/C62H109O11P/c1-4-7-10-13-16-19-22-25-27-28-29-30-32-35-38-41-44-47-50-53-62(66)73-59(55-69-60(64)51-48-45-42-39-36-34-31-26-23-20-17-14-11-8-5-2)57-71-74(67,68)70-56-58(54-63)72-61(65)52-49-46-43-40-37-33-24-21-18-15-12-9-6-3/h8,11,16-17,19-20,25-27,31,36,39,58-59,63H,4-7,9-10,12-15,18,21-24,28-30,32-35,37-38,40-57H2,1-3H3,(H,67,68)/b11-8-,19-16-,20-17-,27-25-,31-26-,39-36-. The van der Waals surface area contributed by atoms with Gasteiger partial charge in [0.25, 0.3) is 0 Å². The molecule has 0 bridgehead atoms. The molecule has 0 aromatic rings. The van der Waals surface area contributed by atoms with Crippen molar-refractivity contribution in [1.29, 1.82) is 0 Å². The first-order chi connectivity index (χ1) is 36.2. The Morgan fingerprint density at radius 1 is 0.392 bits per heavy atom. The molecule has 0 saturated heterocycles. The maximum absolute atomic E-state index is 12.9. The SMILES string of the molecule is CC/C=C\C/C=C\C/C=C\C/C=C\CCCCC(=O)OCC(COP(=O)(O)OCC(CO)OC(=O)CCCCCCCCCCCCCCC)OC(=O)CCCCCCCCCCC/C=C\C/C=C\CCCCC. The maximum atomic E-state index is 12.9. The Labute approximate surface area is 452 Å². The van der Waals surface area contributed by atoms with Crippen LogP contribution in [0.5, 0.6) is 0 Å². The Morgan fingerprint density at radius 3 is 1.14 bits per heavy atom. The highest BCUT2D eigenvalue weighted by atomic mass is 31.2. The fourth-order valence-electron chi connectivity index (χ4n) is 8.08. The van der Waals surface area contributed by atoms with Crippen molar-refractivity contribution >= 4 is 25.7 Å². The van der Waals surface area contributed by atoms with Crippen molar-refractivity contribution < 1.29 is 52.2 Å². The molecule has 74 heavy (non-hydrogen) atoms. The number of ether oxygens (including phenoxy) is 3. The van der Waals surface area contributed by atoms with E-state index in [9.17, 15) is 28.9 Å². The fourth-order valence-corrected chi connectivity index (χ4v) is 8.87. The third-order valence-corrected chi connectivity index (χ3v) is 13.6. The van der Waals surface area contributed by atoms with Crippen molar-refractivity contribution in [2.24, 2.45) is 0 Å². The lowest BCUT2D eigenvalue weighted by Gasteiger charge is -2.21. The molecule has 0 aliphatic rings. The van der Waals surface area contributed by atoms with E-state index in [1.807, 2.05) is 0 Å². The molecule has 0 amide bonds. The summed E-state index contributed by atoms with van der Waals surface area (Å²) in [6, 6.07) is 0. The van der Waals surface area contributed by atoms with Gasteiger partial charge in [-0.1, -0.05) is 229 Å². The number of aliphatic hydroxyl groups is 1. The van der Waals surface area contributed by atoms with Gasteiger partial charge >= 0.3 is 25.7 Å². The van der Waals surface area contributed by atoms with Gasteiger partial charge in [-0.3, -0.25) is 23.4 Å². The van der Waals surface area contributed by atoms with Gasteiger partial charge < -0.3 is 24.2 Å². The number of carbonyl (C=O) groups is 3. The molecule has 428 valence electrons. The smallest absolute Gasteiger partial charge is 0.462 e. The third kappa shape index (κ3) is 53.7. The summed E-state index contributed by atoms with van der Waals surface area (Å²) in [5.74, 6) is -1.51. The number of phosphoric ester groups is 1. The predicted molar refractivity (Wildman–Crippen MR) is 307 cm³/mol. The molecule has 0 radical (unpaired) electrons. The van der Waals surface area contributed by atoms with Crippen molar-refractivity contribution in [1.82, 2.24) is 0 Å². The first-order valence-electron chi connectivity index (χ1n) is 29.8. The second-order valence-electron chi connectivity index (χ2n) is 19.8. The molecule has 0 rings (SSSR count). The molecule has 11 nitrogen and oxygen atoms in total. The number of unbranched alkanes of at least 4 members (excludes halogenated alkanes) is 26. The van der Waals surface area contributed by atoms with E-state index in [0.717, 1.165) is 89.9 Å². The van der Waals surface area contributed by atoms with Crippen molar-refractivity contribution in [2.75, 3.05) is 26.4 Å². The van der Waals surface area contributed by atoms with Crippen LogP contribution < -0.4 is 0 Å². The summed E-state index contributed by atoms with van der Waals surface area (Å²) in [6.07, 6.45) is 62.9. The molecule has 2 N–H and O–H groups in total. The number of allylic oxidation sites excluding steroid dienone is 12. The summed E-state index contributed by atoms with van der Waals surface area (Å²) >= 11 is 0. The largest absolute Gasteiger partial charge is 0.472 e. The third-order valence-electron chi connectivity index (χ3n) is 12.6. The minimum Gasteiger partial charge on any atom is -0.462 e. The Morgan fingerprint density at radius 2 is 0.703 bits per heavy atom. The van der Waals surface area contributed by atoms with Gasteiger partial charge in [0.05, 0.1) is 19.8 Å². The zero-order chi connectivity index (χ0) is 54.1. The van der Waals surface area contributed by atoms with Crippen LogP contribution in [0.15, 0.2) is 72.9 Å². The van der Waals surface area contributed by atoms with Crippen LogP contribution in [0.2, 0.25) is 0 Å². The Kier molecular flexibility index (Phi) is 53.8. The Balaban J connectivity index is 4.76. The number of phosphoric acid groups is 1. The van der Waals surface area contributed by atoms with Crippen LogP contribution in [0.1, 0.15) is 265 Å². The summed E-state index contributed by atoms with van der Waals surface area (Å²) in [5.41, 5.74) is 0. The highest BCUT2D eigenvalue weighted by molar-refractivity contribution is 7.47. The van der Waals surface area contributed by atoms with E-state index in [-0.39, 0.29) is 25.9 Å². The Hall–Kier alpha value is -3.08. The summed E-state index contributed by atoms with van der Waals surface area (Å²) in [7, 11) is -4.76. The number of hydrogen-bond acceptors (Lipinski definition) is 10. The van der Waals surface area contributed by atoms with E-state index in [1.54, 1.807) is 0 Å². The molecular weight excluding hydrogens is 952 g/mol. The van der Waals surface area contributed by atoms with E-state index in [1.165, 1.54) is 116 Å². The number of hydrogen-bond donors (Lipinski definition) is 2. The minimum absolute atomic E-state index is 0.153. The quantitative estimate of drug-likeness (QED) is 0.0197. The predicted octanol–water partition coefficient (Wildman–Crippen LogP) is 17.7. The molecule has 0 aromatic heterocycles. The van der Waals surface area contributed by atoms with Crippen LogP contribution in [0.25, 0.3) is 0 Å². The van der Waals surface area contributed by atoms with E-state index < -0.39 is 57.8 Å². The van der Waals surface area contributed by atoms with E-state index in [0.29, 0.717) is 19.3 Å².